The van der Waals surface area contributed by atoms with Gasteiger partial charge in [-0.15, -0.1) is 11.8 Å². The summed E-state index contributed by atoms with van der Waals surface area (Å²) in [5, 5.41) is 0. The minimum Gasteiger partial charge on any atom is -0.466 e. The summed E-state index contributed by atoms with van der Waals surface area (Å²) >= 11 is 0. The van der Waals surface area contributed by atoms with Gasteiger partial charge in [0.25, 0.3) is 0 Å². The van der Waals surface area contributed by atoms with Gasteiger partial charge in [0.05, 0.1) is 26.1 Å². The van der Waals surface area contributed by atoms with Gasteiger partial charge in [0, 0.05) is 12.8 Å². The summed E-state index contributed by atoms with van der Waals surface area (Å²) in [5.41, 5.74) is 0. The molecule has 0 aliphatic rings. The van der Waals surface area contributed by atoms with E-state index >= 15 is 0 Å². The zero-order valence-electron chi connectivity index (χ0n) is 19.8. The summed E-state index contributed by atoms with van der Waals surface area (Å²) in [7, 11) is 0. The number of hydrogen-bond donors (Lipinski definition) is 0. The van der Waals surface area contributed by atoms with Crippen LogP contribution in [0.4, 0.5) is 0 Å². The van der Waals surface area contributed by atoms with E-state index in [2.05, 4.69) is 25.7 Å². The van der Waals surface area contributed by atoms with Crippen LogP contribution in [0.1, 0.15) is 129 Å². The molecule has 0 aromatic rings. The summed E-state index contributed by atoms with van der Waals surface area (Å²) in [6.07, 6.45) is 18.7. The Morgan fingerprint density at radius 1 is 0.567 bits per heavy atom. The van der Waals surface area contributed by atoms with Gasteiger partial charge >= 0.3 is 11.9 Å². The number of hydrogen-bond acceptors (Lipinski definition) is 4. The fourth-order valence-corrected chi connectivity index (χ4v) is 3.19. The average molecular weight is 423 g/mol. The third-order valence-electron chi connectivity index (χ3n) is 5.06. The molecule has 0 heterocycles. The summed E-state index contributed by atoms with van der Waals surface area (Å²) in [6, 6.07) is 0. The summed E-state index contributed by atoms with van der Waals surface area (Å²) in [6.45, 7) is 5.22. The molecule has 0 saturated heterocycles. The first-order valence-corrected chi connectivity index (χ1v) is 12.5. The predicted molar refractivity (Wildman–Crippen MR) is 124 cm³/mol. The lowest BCUT2D eigenvalue weighted by molar-refractivity contribution is -0.150. The van der Waals surface area contributed by atoms with E-state index in [9.17, 15) is 9.59 Å². The highest BCUT2D eigenvalue weighted by atomic mass is 16.5. The lowest BCUT2D eigenvalue weighted by Gasteiger charge is -2.06. The minimum atomic E-state index is -0.298. The molecular formula is C26H46O4. The SMILES string of the molecule is CCC#CCCCCCCCCOC(=O)CCC(=O)OCCCCCCCCCC. The Balaban J connectivity index is 3.34. The monoisotopic (exact) mass is 422 g/mol. The van der Waals surface area contributed by atoms with Gasteiger partial charge in [0.1, 0.15) is 0 Å². The van der Waals surface area contributed by atoms with Crippen LogP contribution in [0.2, 0.25) is 0 Å². The van der Waals surface area contributed by atoms with Crippen molar-refractivity contribution in [2.24, 2.45) is 0 Å². The van der Waals surface area contributed by atoms with Crippen LogP contribution >= 0.6 is 0 Å². The van der Waals surface area contributed by atoms with Crippen molar-refractivity contribution in [3.05, 3.63) is 0 Å². The number of unbranched alkanes of at least 4 members (excludes halogenated alkanes) is 13. The molecule has 0 radical (unpaired) electrons. The van der Waals surface area contributed by atoms with E-state index in [4.69, 9.17) is 9.47 Å². The second-order valence-corrected chi connectivity index (χ2v) is 7.99. The number of carbonyl (C=O) groups is 2. The second kappa shape index (κ2) is 23.8. The first-order chi connectivity index (χ1) is 14.7. The van der Waals surface area contributed by atoms with Crippen molar-refractivity contribution in [3.63, 3.8) is 0 Å². The molecule has 4 nitrogen and oxygen atoms in total. The molecule has 0 spiro atoms. The maximum Gasteiger partial charge on any atom is 0.306 e. The highest BCUT2D eigenvalue weighted by molar-refractivity contribution is 5.77. The van der Waals surface area contributed by atoms with E-state index in [0.717, 1.165) is 38.5 Å². The third kappa shape index (κ3) is 22.8. The van der Waals surface area contributed by atoms with Crippen molar-refractivity contribution in [1.29, 1.82) is 0 Å². The molecule has 30 heavy (non-hydrogen) atoms. The normalized spacial score (nSPS) is 10.3. The van der Waals surface area contributed by atoms with Crippen LogP contribution in [0.15, 0.2) is 0 Å². The van der Waals surface area contributed by atoms with Crippen molar-refractivity contribution in [2.75, 3.05) is 13.2 Å². The first kappa shape index (κ1) is 28.5. The Bertz CT molecular complexity index is 461. The van der Waals surface area contributed by atoms with E-state index in [1.165, 1.54) is 64.2 Å². The smallest absolute Gasteiger partial charge is 0.306 e. The summed E-state index contributed by atoms with van der Waals surface area (Å²) < 4.78 is 10.4. The quantitative estimate of drug-likeness (QED) is 0.119. The van der Waals surface area contributed by atoms with Gasteiger partial charge in [-0.1, -0.05) is 84.5 Å². The molecule has 0 aliphatic carbocycles. The molecule has 0 bridgehead atoms. The maximum absolute atomic E-state index is 11.7. The van der Waals surface area contributed by atoms with Crippen LogP contribution in [-0.4, -0.2) is 25.2 Å². The van der Waals surface area contributed by atoms with Crippen molar-refractivity contribution in [2.45, 2.75) is 129 Å². The number of ether oxygens (including phenoxy) is 2. The molecule has 0 rings (SSSR count). The lowest BCUT2D eigenvalue weighted by atomic mass is 10.1. The van der Waals surface area contributed by atoms with E-state index in [-0.39, 0.29) is 24.8 Å². The molecule has 0 aromatic carbocycles. The Kier molecular flexibility index (Phi) is 22.6. The Morgan fingerprint density at radius 3 is 1.47 bits per heavy atom. The third-order valence-corrected chi connectivity index (χ3v) is 5.06. The van der Waals surface area contributed by atoms with Gasteiger partial charge in [-0.2, -0.15) is 0 Å². The Morgan fingerprint density at radius 2 is 1.00 bits per heavy atom. The second-order valence-electron chi connectivity index (χ2n) is 7.99. The van der Waals surface area contributed by atoms with Gasteiger partial charge in [-0.05, 0) is 19.3 Å². The van der Waals surface area contributed by atoms with Crippen molar-refractivity contribution in [1.82, 2.24) is 0 Å². The summed E-state index contributed by atoms with van der Waals surface area (Å²) in [5.74, 6) is 5.67. The first-order valence-electron chi connectivity index (χ1n) is 12.5. The minimum absolute atomic E-state index is 0.120. The van der Waals surface area contributed by atoms with Crippen LogP contribution < -0.4 is 0 Å². The fraction of sp³-hybridized carbons (Fsp3) is 0.846. The molecule has 0 aliphatic heterocycles. The van der Waals surface area contributed by atoms with Crippen molar-refractivity contribution >= 4 is 11.9 Å². The molecule has 4 heteroatoms. The van der Waals surface area contributed by atoms with Gasteiger partial charge < -0.3 is 9.47 Å². The average Bonchev–Trinajstić information content (AvgIpc) is 2.75. The van der Waals surface area contributed by atoms with Crippen LogP contribution in [-0.2, 0) is 19.1 Å². The van der Waals surface area contributed by atoms with Crippen LogP contribution in [0.25, 0.3) is 0 Å². The lowest BCUT2D eigenvalue weighted by Crippen LogP contribution is -2.11. The number of esters is 2. The molecule has 0 N–H and O–H groups in total. The molecule has 0 amide bonds. The van der Waals surface area contributed by atoms with E-state index in [1.807, 2.05) is 0 Å². The standard InChI is InChI=1S/C26H46O4/c1-3-5-7-9-11-13-14-16-18-20-24-30-26(28)22-21-25(27)29-23-19-17-15-12-10-8-6-4-2/h3-4,6,8-24H2,1-2H3. The highest BCUT2D eigenvalue weighted by Crippen LogP contribution is 2.09. The van der Waals surface area contributed by atoms with E-state index < -0.39 is 0 Å². The Labute approximate surface area is 185 Å². The van der Waals surface area contributed by atoms with Crippen molar-refractivity contribution < 1.29 is 19.1 Å². The van der Waals surface area contributed by atoms with Crippen molar-refractivity contribution in [3.8, 4) is 11.8 Å². The molecule has 174 valence electrons. The van der Waals surface area contributed by atoms with Gasteiger partial charge in [-0.3, -0.25) is 9.59 Å². The molecule has 0 saturated carbocycles. The van der Waals surface area contributed by atoms with E-state index in [0.29, 0.717) is 13.2 Å². The summed E-state index contributed by atoms with van der Waals surface area (Å²) in [4.78, 5) is 23.4. The molecule has 0 unspecified atom stereocenters. The molecule has 0 fully saturated rings. The number of carbonyl (C=O) groups excluding carboxylic acids is 2. The molecular weight excluding hydrogens is 376 g/mol. The van der Waals surface area contributed by atoms with Crippen LogP contribution in [0.5, 0.6) is 0 Å². The fourth-order valence-electron chi connectivity index (χ4n) is 3.19. The topological polar surface area (TPSA) is 52.6 Å². The zero-order valence-corrected chi connectivity index (χ0v) is 19.8. The van der Waals surface area contributed by atoms with Gasteiger partial charge in [0.2, 0.25) is 0 Å². The van der Waals surface area contributed by atoms with E-state index in [1.54, 1.807) is 0 Å². The number of rotatable bonds is 20. The zero-order chi connectivity index (χ0) is 22.1. The van der Waals surface area contributed by atoms with Gasteiger partial charge in [0.15, 0.2) is 0 Å². The maximum atomic E-state index is 11.7. The predicted octanol–water partition coefficient (Wildman–Crippen LogP) is 7.14. The highest BCUT2D eigenvalue weighted by Gasteiger charge is 2.09. The largest absolute Gasteiger partial charge is 0.466 e. The van der Waals surface area contributed by atoms with Gasteiger partial charge in [-0.25, -0.2) is 0 Å². The van der Waals surface area contributed by atoms with Crippen LogP contribution in [0.3, 0.4) is 0 Å². The molecule has 0 aromatic heterocycles. The Hall–Kier alpha value is -1.50. The molecule has 0 atom stereocenters. The van der Waals surface area contributed by atoms with Crippen LogP contribution in [0, 0.1) is 11.8 Å².